The summed E-state index contributed by atoms with van der Waals surface area (Å²) in [5.41, 5.74) is -0.790. The number of carboxylic acid groups (broad SMARTS) is 1. The summed E-state index contributed by atoms with van der Waals surface area (Å²) in [5, 5.41) is 12.5. The van der Waals surface area contributed by atoms with Gasteiger partial charge in [-0.25, -0.2) is 8.42 Å². The zero-order valence-electron chi connectivity index (χ0n) is 12.0. The fraction of sp³-hybridized carbons (Fsp3) is 0.923. The van der Waals surface area contributed by atoms with Crippen LogP contribution in [-0.2, 0) is 14.6 Å². The van der Waals surface area contributed by atoms with Crippen molar-refractivity contribution in [3.63, 3.8) is 0 Å². The molecule has 0 amide bonds. The Bertz CT molecular complexity index is 451. The summed E-state index contributed by atoms with van der Waals surface area (Å²) in [4.78, 5) is 13.7. The van der Waals surface area contributed by atoms with Crippen molar-refractivity contribution in [1.82, 2.24) is 10.2 Å². The van der Waals surface area contributed by atoms with E-state index < -0.39 is 21.3 Å². The van der Waals surface area contributed by atoms with Gasteiger partial charge in [0.05, 0.1) is 11.5 Å². The Hall–Kier alpha value is -0.660. The third-order valence-electron chi connectivity index (χ3n) is 4.88. The van der Waals surface area contributed by atoms with Crippen molar-refractivity contribution in [1.29, 1.82) is 0 Å². The van der Waals surface area contributed by atoms with Crippen molar-refractivity contribution in [3.8, 4) is 0 Å². The zero-order chi connectivity index (χ0) is 14.8. The molecule has 1 saturated heterocycles. The van der Waals surface area contributed by atoms with Crippen LogP contribution in [0, 0.1) is 5.92 Å². The number of carboxylic acids is 1. The monoisotopic (exact) mass is 304 g/mol. The number of nitrogens with zero attached hydrogens (tertiary/aromatic N) is 1. The summed E-state index contributed by atoms with van der Waals surface area (Å²) in [6.45, 7) is 1.94. The molecule has 2 N–H and O–H groups in total. The van der Waals surface area contributed by atoms with E-state index >= 15 is 0 Å². The molecule has 0 bridgehead atoms. The molecule has 7 heteroatoms. The highest BCUT2D eigenvalue weighted by Gasteiger charge is 2.47. The van der Waals surface area contributed by atoms with Crippen LogP contribution in [0.4, 0.5) is 0 Å². The predicted octanol–water partition coefficient (Wildman–Crippen LogP) is -0.0502. The van der Waals surface area contributed by atoms with Crippen molar-refractivity contribution in [2.75, 3.05) is 38.2 Å². The first-order chi connectivity index (χ1) is 9.39. The normalized spacial score (nSPS) is 34.1. The molecule has 0 radical (unpaired) electrons. The Labute approximate surface area is 120 Å². The first-order valence-corrected chi connectivity index (χ1v) is 9.07. The first-order valence-electron chi connectivity index (χ1n) is 7.25. The molecule has 116 valence electrons. The van der Waals surface area contributed by atoms with Gasteiger partial charge < -0.3 is 15.3 Å². The minimum absolute atomic E-state index is 0.128. The Morgan fingerprint density at radius 1 is 1.40 bits per heavy atom. The summed E-state index contributed by atoms with van der Waals surface area (Å²) in [6.07, 6.45) is 3.36. The molecule has 1 saturated carbocycles. The molecule has 2 fully saturated rings. The molecule has 2 atom stereocenters. The van der Waals surface area contributed by atoms with Gasteiger partial charge in [-0.05, 0) is 38.8 Å². The van der Waals surface area contributed by atoms with Crippen LogP contribution < -0.4 is 5.32 Å². The third-order valence-corrected chi connectivity index (χ3v) is 6.49. The van der Waals surface area contributed by atoms with Gasteiger partial charge >= 0.3 is 5.97 Å². The van der Waals surface area contributed by atoms with Crippen LogP contribution in [0.5, 0.6) is 0 Å². The minimum atomic E-state index is -2.84. The molecular formula is C13H24N2O4S. The molecule has 20 heavy (non-hydrogen) atoms. The van der Waals surface area contributed by atoms with E-state index in [1.807, 2.05) is 0 Å². The van der Waals surface area contributed by atoms with Gasteiger partial charge in [0.2, 0.25) is 0 Å². The van der Waals surface area contributed by atoms with Gasteiger partial charge in [-0.2, -0.15) is 0 Å². The molecule has 2 rings (SSSR count). The average molecular weight is 304 g/mol. The number of sulfone groups is 1. The number of nitrogens with one attached hydrogen (secondary N) is 1. The Kier molecular flexibility index (Phi) is 4.71. The number of hydrogen-bond acceptors (Lipinski definition) is 5. The molecule has 2 aliphatic rings. The van der Waals surface area contributed by atoms with E-state index in [4.69, 9.17) is 0 Å². The van der Waals surface area contributed by atoms with Crippen LogP contribution >= 0.6 is 0 Å². The number of carbonyl (C=O) groups is 1. The fourth-order valence-corrected chi connectivity index (χ4v) is 4.78. The quantitative estimate of drug-likeness (QED) is 0.740. The predicted molar refractivity (Wildman–Crippen MR) is 76.5 cm³/mol. The maximum absolute atomic E-state index is 11.5. The van der Waals surface area contributed by atoms with E-state index in [1.54, 1.807) is 7.05 Å². The molecule has 2 unspecified atom stereocenters. The number of aliphatic carboxylic acids is 1. The topological polar surface area (TPSA) is 86.7 Å². The first kappa shape index (κ1) is 15.7. The van der Waals surface area contributed by atoms with Crippen molar-refractivity contribution in [2.45, 2.75) is 31.2 Å². The molecule has 0 aromatic rings. The summed E-state index contributed by atoms with van der Waals surface area (Å²) in [7, 11) is -1.12. The van der Waals surface area contributed by atoms with Crippen LogP contribution in [0.25, 0.3) is 0 Å². The molecule has 1 heterocycles. The van der Waals surface area contributed by atoms with Crippen molar-refractivity contribution >= 4 is 15.8 Å². The van der Waals surface area contributed by atoms with E-state index in [-0.39, 0.29) is 17.4 Å². The van der Waals surface area contributed by atoms with Crippen LogP contribution in [0.15, 0.2) is 0 Å². The van der Waals surface area contributed by atoms with Gasteiger partial charge in [0.25, 0.3) is 0 Å². The molecule has 1 aliphatic heterocycles. The highest BCUT2D eigenvalue weighted by molar-refractivity contribution is 7.91. The smallest absolute Gasteiger partial charge is 0.324 e. The summed E-state index contributed by atoms with van der Waals surface area (Å²) in [6, 6.07) is 0. The second-order valence-corrected chi connectivity index (χ2v) is 8.20. The van der Waals surface area contributed by atoms with E-state index in [0.29, 0.717) is 19.5 Å². The van der Waals surface area contributed by atoms with Crippen LogP contribution in [0.2, 0.25) is 0 Å². The lowest BCUT2D eigenvalue weighted by Gasteiger charge is -2.33. The minimum Gasteiger partial charge on any atom is -0.480 e. The molecular weight excluding hydrogens is 280 g/mol. The van der Waals surface area contributed by atoms with Crippen LogP contribution in [-0.4, -0.2) is 68.1 Å². The molecule has 0 aromatic heterocycles. The maximum atomic E-state index is 11.5. The molecule has 1 aliphatic carbocycles. The molecule has 0 spiro atoms. The Morgan fingerprint density at radius 2 is 2.05 bits per heavy atom. The summed E-state index contributed by atoms with van der Waals surface area (Å²) >= 11 is 0. The van der Waals surface area contributed by atoms with E-state index in [0.717, 1.165) is 25.8 Å². The highest BCUT2D eigenvalue weighted by atomic mass is 32.2. The van der Waals surface area contributed by atoms with Gasteiger partial charge in [0.15, 0.2) is 9.84 Å². The van der Waals surface area contributed by atoms with Crippen LogP contribution in [0.3, 0.4) is 0 Å². The summed E-state index contributed by atoms with van der Waals surface area (Å²) < 4.78 is 22.8. The average Bonchev–Trinajstić information content (AvgIpc) is 2.81. The fourth-order valence-electron chi connectivity index (χ4n) is 3.50. The summed E-state index contributed by atoms with van der Waals surface area (Å²) in [5.74, 6) is -0.172. The van der Waals surface area contributed by atoms with E-state index in [1.165, 1.54) is 0 Å². The second-order valence-electron chi connectivity index (χ2n) is 5.90. The number of hydrogen-bond donors (Lipinski definition) is 2. The largest absolute Gasteiger partial charge is 0.480 e. The lowest BCUT2D eigenvalue weighted by Crippen LogP contribution is -2.54. The molecule has 0 aromatic carbocycles. The number of rotatable bonds is 5. The van der Waals surface area contributed by atoms with E-state index in [2.05, 4.69) is 10.2 Å². The van der Waals surface area contributed by atoms with Gasteiger partial charge in [0.1, 0.15) is 5.54 Å². The highest BCUT2D eigenvalue weighted by Crippen LogP contribution is 2.38. The van der Waals surface area contributed by atoms with Crippen molar-refractivity contribution in [2.24, 2.45) is 5.92 Å². The lowest BCUT2D eigenvalue weighted by atomic mass is 9.84. The zero-order valence-corrected chi connectivity index (χ0v) is 12.8. The maximum Gasteiger partial charge on any atom is 0.324 e. The Balaban J connectivity index is 1.89. The second kappa shape index (κ2) is 5.99. The van der Waals surface area contributed by atoms with Gasteiger partial charge in [-0.3, -0.25) is 4.79 Å². The SMILES string of the molecule is CNC1(C(=O)O)CCCC1CCN1CCS(=O)(=O)CC1. The van der Waals surface area contributed by atoms with Gasteiger partial charge in [-0.1, -0.05) is 6.42 Å². The number of likely N-dealkylation sites (N-methyl/N-ethyl adjacent to an activating group) is 1. The third kappa shape index (κ3) is 3.15. The lowest BCUT2D eigenvalue weighted by molar-refractivity contribution is -0.146. The van der Waals surface area contributed by atoms with Crippen molar-refractivity contribution in [3.05, 3.63) is 0 Å². The van der Waals surface area contributed by atoms with Crippen molar-refractivity contribution < 1.29 is 18.3 Å². The Morgan fingerprint density at radius 3 is 2.60 bits per heavy atom. The standard InChI is InChI=1S/C13H24N2O4S/c1-14-13(12(16)17)5-2-3-11(13)4-6-15-7-9-20(18,19)10-8-15/h11,14H,2-10H2,1H3,(H,16,17). The van der Waals surface area contributed by atoms with Crippen LogP contribution in [0.1, 0.15) is 25.7 Å². The van der Waals surface area contributed by atoms with Gasteiger partial charge in [-0.15, -0.1) is 0 Å². The molecule has 6 nitrogen and oxygen atoms in total. The van der Waals surface area contributed by atoms with E-state index in [9.17, 15) is 18.3 Å². The van der Waals surface area contributed by atoms with Gasteiger partial charge in [0, 0.05) is 13.1 Å².